The third-order valence-corrected chi connectivity index (χ3v) is 5.29. The molecule has 0 saturated carbocycles. The minimum absolute atomic E-state index is 0.0394. The number of rotatable bonds is 6. The van der Waals surface area contributed by atoms with Crippen molar-refractivity contribution in [1.29, 1.82) is 0 Å². The van der Waals surface area contributed by atoms with E-state index in [1.165, 1.54) is 18.2 Å². The molecule has 2 aromatic carbocycles. The monoisotopic (exact) mass is 567 g/mol. The zero-order chi connectivity index (χ0) is 22.5. The molecule has 1 unspecified atom stereocenters. The van der Waals surface area contributed by atoms with Gasteiger partial charge in [0.2, 0.25) is 3.79 Å². The fraction of sp³-hybridized carbons (Fsp3) is 0.176. The van der Waals surface area contributed by atoms with Crippen LogP contribution in [0.4, 0.5) is 5.69 Å². The lowest BCUT2D eigenvalue weighted by molar-refractivity contribution is -0.123. The van der Waals surface area contributed by atoms with Gasteiger partial charge in [0.25, 0.3) is 5.91 Å². The van der Waals surface area contributed by atoms with Crippen LogP contribution in [-0.2, 0) is 4.79 Å². The molecule has 0 aliphatic rings. The Morgan fingerprint density at radius 1 is 0.967 bits per heavy atom. The fourth-order valence-corrected chi connectivity index (χ4v) is 3.49. The number of thiocarbonyl (C=S) groups is 1. The van der Waals surface area contributed by atoms with Crippen molar-refractivity contribution >= 4 is 110 Å². The highest BCUT2D eigenvalue weighted by molar-refractivity contribution is 7.80. The standard InChI is InChI=1S/C17H12Cl7N3O2S/c18-8-1-3-12(10(20)5-8)25-16(30)27-15(17(22,23)24)26-14(28)7-29-13-4-2-9(19)6-11(13)21/h1-6,15H,7H2,(H,26,28)(H2,25,27,30). The Morgan fingerprint density at radius 2 is 1.57 bits per heavy atom. The minimum atomic E-state index is -1.94. The van der Waals surface area contributed by atoms with E-state index in [0.717, 1.165) is 0 Å². The van der Waals surface area contributed by atoms with E-state index in [1.54, 1.807) is 18.2 Å². The number of alkyl halides is 3. The first kappa shape index (κ1) is 25.7. The molecule has 2 rings (SSSR count). The highest BCUT2D eigenvalue weighted by Gasteiger charge is 2.34. The maximum atomic E-state index is 12.3. The van der Waals surface area contributed by atoms with E-state index < -0.39 is 22.5 Å². The first-order chi connectivity index (χ1) is 14.0. The molecule has 5 nitrogen and oxygen atoms in total. The number of hydrogen-bond donors (Lipinski definition) is 3. The Balaban J connectivity index is 1.97. The number of nitrogens with one attached hydrogen (secondary N) is 3. The summed E-state index contributed by atoms with van der Waals surface area (Å²) in [5.74, 6) is -0.332. The van der Waals surface area contributed by atoms with Crippen molar-refractivity contribution in [2.75, 3.05) is 11.9 Å². The predicted molar refractivity (Wildman–Crippen MR) is 130 cm³/mol. The van der Waals surface area contributed by atoms with Crippen molar-refractivity contribution in [2.24, 2.45) is 0 Å². The minimum Gasteiger partial charge on any atom is -0.482 e. The van der Waals surface area contributed by atoms with Gasteiger partial charge >= 0.3 is 0 Å². The molecule has 2 aromatic rings. The average Bonchev–Trinajstić information content (AvgIpc) is 2.62. The normalized spacial score (nSPS) is 12.1. The molecular weight excluding hydrogens is 558 g/mol. The highest BCUT2D eigenvalue weighted by atomic mass is 35.6. The van der Waals surface area contributed by atoms with Crippen molar-refractivity contribution in [1.82, 2.24) is 10.6 Å². The van der Waals surface area contributed by atoms with E-state index in [-0.39, 0.29) is 15.9 Å². The number of carbonyl (C=O) groups is 1. The first-order valence-corrected chi connectivity index (χ1v) is 11.0. The van der Waals surface area contributed by atoms with Gasteiger partial charge in [-0.05, 0) is 48.6 Å². The second-order valence-electron chi connectivity index (χ2n) is 5.63. The summed E-state index contributed by atoms with van der Waals surface area (Å²) in [6, 6.07) is 9.34. The molecule has 1 amide bonds. The van der Waals surface area contributed by atoms with Gasteiger partial charge in [-0.15, -0.1) is 0 Å². The van der Waals surface area contributed by atoms with E-state index >= 15 is 0 Å². The number of anilines is 1. The molecule has 13 heteroatoms. The SMILES string of the molecule is O=C(COc1ccc(Cl)cc1Cl)NC(NC(=S)Nc1ccc(Cl)cc1Cl)C(Cl)(Cl)Cl. The van der Waals surface area contributed by atoms with Crippen LogP contribution in [-0.4, -0.2) is 27.6 Å². The molecule has 0 aliphatic carbocycles. The number of benzene rings is 2. The molecule has 0 fully saturated rings. The first-order valence-electron chi connectivity index (χ1n) is 7.92. The molecule has 3 N–H and O–H groups in total. The largest absolute Gasteiger partial charge is 0.482 e. The van der Waals surface area contributed by atoms with Crippen LogP contribution < -0.4 is 20.7 Å². The van der Waals surface area contributed by atoms with Gasteiger partial charge in [0, 0.05) is 10.0 Å². The third-order valence-electron chi connectivity index (χ3n) is 3.34. The lowest BCUT2D eigenvalue weighted by Crippen LogP contribution is -2.57. The summed E-state index contributed by atoms with van der Waals surface area (Å²) in [6.45, 7) is -0.399. The van der Waals surface area contributed by atoms with Crippen LogP contribution in [0.15, 0.2) is 36.4 Å². The maximum absolute atomic E-state index is 12.3. The van der Waals surface area contributed by atoms with Crippen molar-refractivity contribution in [3.8, 4) is 5.75 Å². The smallest absolute Gasteiger partial charge is 0.259 e. The van der Waals surface area contributed by atoms with Crippen molar-refractivity contribution in [3.63, 3.8) is 0 Å². The van der Waals surface area contributed by atoms with E-state index in [1.807, 2.05) is 0 Å². The molecule has 1 atom stereocenters. The van der Waals surface area contributed by atoms with E-state index in [9.17, 15) is 4.79 Å². The third kappa shape index (κ3) is 8.17. The summed E-state index contributed by atoms with van der Waals surface area (Å²) in [7, 11) is 0. The summed E-state index contributed by atoms with van der Waals surface area (Å²) < 4.78 is 3.42. The average molecular weight is 571 g/mol. The summed E-state index contributed by atoms with van der Waals surface area (Å²) in [5, 5.41) is 9.50. The summed E-state index contributed by atoms with van der Waals surface area (Å²) >= 11 is 46.8. The lowest BCUT2D eigenvalue weighted by Gasteiger charge is -2.28. The number of halogens is 7. The van der Waals surface area contributed by atoms with Crippen LogP contribution in [0.5, 0.6) is 5.75 Å². The summed E-state index contributed by atoms with van der Waals surface area (Å²) in [6.07, 6.45) is -1.19. The molecule has 0 bridgehead atoms. The van der Waals surface area contributed by atoms with Crippen molar-refractivity contribution in [3.05, 3.63) is 56.5 Å². The molecule has 0 radical (unpaired) electrons. The molecule has 0 heterocycles. The summed E-state index contributed by atoms with van der Waals surface area (Å²) in [4.78, 5) is 12.3. The van der Waals surface area contributed by atoms with Crippen LogP contribution in [0.1, 0.15) is 0 Å². The van der Waals surface area contributed by atoms with Crippen molar-refractivity contribution < 1.29 is 9.53 Å². The molecule has 0 aromatic heterocycles. The Hall–Kier alpha value is -0.570. The van der Waals surface area contributed by atoms with Crippen LogP contribution in [0.2, 0.25) is 20.1 Å². The maximum Gasteiger partial charge on any atom is 0.259 e. The Kier molecular flexibility index (Phi) is 9.71. The van der Waals surface area contributed by atoms with Crippen LogP contribution in [0.3, 0.4) is 0 Å². The van der Waals surface area contributed by atoms with Gasteiger partial charge in [-0.3, -0.25) is 4.79 Å². The van der Waals surface area contributed by atoms with Crippen molar-refractivity contribution in [2.45, 2.75) is 9.96 Å². The van der Waals surface area contributed by atoms with Gasteiger partial charge < -0.3 is 20.7 Å². The summed E-state index contributed by atoms with van der Waals surface area (Å²) in [5.41, 5.74) is 0.466. The quantitative estimate of drug-likeness (QED) is 0.211. The van der Waals surface area contributed by atoms with E-state index in [0.29, 0.717) is 20.8 Å². The highest BCUT2D eigenvalue weighted by Crippen LogP contribution is 2.30. The number of hydrogen-bond acceptors (Lipinski definition) is 3. The van der Waals surface area contributed by atoms with Crippen LogP contribution in [0.25, 0.3) is 0 Å². The van der Waals surface area contributed by atoms with Gasteiger partial charge in [-0.1, -0.05) is 81.2 Å². The number of amides is 1. The zero-order valence-electron chi connectivity index (χ0n) is 14.6. The fourth-order valence-electron chi connectivity index (χ4n) is 2.02. The molecule has 0 aliphatic heterocycles. The van der Waals surface area contributed by atoms with Crippen LogP contribution in [0, 0.1) is 0 Å². The van der Waals surface area contributed by atoms with Gasteiger partial charge in [0.1, 0.15) is 11.9 Å². The molecule has 0 saturated heterocycles. The second-order valence-corrected chi connectivity index (χ2v) is 10.1. The van der Waals surface area contributed by atoms with Gasteiger partial charge in [-0.25, -0.2) is 0 Å². The number of ether oxygens (including phenoxy) is 1. The molecule has 162 valence electrons. The van der Waals surface area contributed by atoms with E-state index in [4.69, 9.17) is 98.2 Å². The lowest BCUT2D eigenvalue weighted by atomic mass is 10.3. The van der Waals surface area contributed by atoms with Gasteiger partial charge in [0.05, 0.1) is 15.7 Å². The molecular formula is C17H12Cl7N3O2S. The predicted octanol–water partition coefficient (Wildman–Crippen LogP) is 6.48. The Bertz CT molecular complexity index is 940. The van der Waals surface area contributed by atoms with E-state index in [2.05, 4.69) is 16.0 Å². The Labute approximate surface area is 213 Å². The van der Waals surface area contributed by atoms with Gasteiger partial charge in [-0.2, -0.15) is 0 Å². The second kappa shape index (κ2) is 11.3. The van der Waals surface area contributed by atoms with Gasteiger partial charge in [0.15, 0.2) is 11.7 Å². The van der Waals surface area contributed by atoms with Crippen LogP contribution >= 0.6 is 93.4 Å². The zero-order valence-corrected chi connectivity index (χ0v) is 20.7. The Morgan fingerprint density at radius 3 is 2.13 bits per heavy atom. The topological polar surface area (TPSA) is 62.4 Å². The molecule has 30 heavy (non-hydrogen) atoms. The molecule has 0 spiro atoms. The number of carbonyl (C=O) groups excluding carboxylic acids is 1.